The lowest BCUT2D eigenvalue weighted by Gasteiger charge is -2.13. The maximum absolute atomic E-state index is 12.6. The number of nitrogens with zero attached hydrogens (tertiary/aromatic N) is 1. The maximum Gasteiger partial charge on any atom is 0.311 e. The van der Waals surface area contributed by atoms with Crippen LogP contribution in [0.25, 0.3) is 12.2 Å². The van der Waals surface area contributed by atoms with Gasteiger partial charge in [0, 0.05) is 11.6 Å². The molecule has 0 unspecified atom stereocenters. The van der Waals surface area contributed by atoms with Crippen LogP contribution in [0.5, 0.6) is 23.0 Å². The van der Waals surface area contributed by atoms with Gasteiger partial charge in [-0.15, -0.1) is 0 Å². The highest BCUT2D eigenvalue weighted by Crippen LogP contribution is 2.38. The van der Waals surface area contributed by atoms with Gasteiger partial charge in [0.25, 0.3) is 0 Å². The van der Waals surface area contributed by atoms with Crippen molar-refractivity contribution in [1.82, 2.24) is 0 Å². The minimum Gasteiger partial charge on any atom is -0.493 e. The van der Waals surface area contributed by atoms with Crippen LogP contribution in [-0.4, -0.2) is 39.1 Å². The summed E-state index contributed by atoms with van der Waals surface area (Å²) in [7, 11) is 6.03. The molecule has 0 aliphatic carbocycles. The molecule has 0 aliphatic heterocycles. The van der Waals surface area contributed by atoms with Crippen molar-refractivity contribution in [1.29, 1.82) is 0 Å². The van der Waals surface area contributed by atoms with Crippen LogP contribution in [0.4, 0.5) is 5.69 Å². The van der Waals surface area contributed by atoms with Crippen LogP contribution in [0.15, 0.2) is 66.7 Å². The van der Waals surface area contributed by atoms with E-state index in [1.165, 1.54) is 31.4 Å². The van der Waals surface area contributed by atoms with E-state index in [4.69, 9.17) is 18.9 Å². The third-order valence-electron chi connectivity index (χ3n) is 5.46. The van der Waals surface area contributed by atoms with Crippen molar-refractivity contribution in [3.05, 3.63) is 99.1 Å². The fraction of sp³-hybridized carbons (Fsp3) is 0.179. The molecule has 0 aliphatic rings. The van der Waals surface area contributed by atoms with E-state index in [9.17, 15) is 14.9 Å². The summed E-state index contributed by atoms with van der Waals surface area (Å²) in [5.41, 5.74) is 2.81. The zero-order valence-electron chi connectivity index (χ0n) is 20.5. The van der Waals surface area contributed by atoms with Crippen LogP contribution in [0.2, 0.25) is 0 Å². The van der Waals surface area contributed by atoms with E-state index in [0.29, 0.717) is 23.7 Å². The van der Waals surface area contributed by atoms with E-state index < -0.39 is 4.92 Å². The van der Waals surface area contributed by atoms with Gasteiger partial charge in [-0.2, -0.15) is 0 Å². The Hall–Kier alpha value is -4.59. The largest absolute Gasteiger partial charge is 0.493 e. The van der Waals surface area contributed by atoms with Gasteiger partial charge in [-0.1, -0.05) is 42.5 Å². The van der Waals surface area contributed by atoms with Crippen molar-refractivity contribution in [2.45, 2.75) is 6.42 Å². The molecule has 3 aromatic rings. The third-order valence-corrected chi connectivity index (χ3v) is 5.46. The fourth-order valence-electron chi connectivity index (χ4n) is 3.64. The van der Waals surface area contributed by atoms with Crippen LogP contribution in [0, 0.1) is 10.1 Å². The monoisotopic (exact) mass is 489 g/mol. The Bertz CT molecular complexity index is 1290. The number of methoxy groups -OCH3 is 4. The number of nitro groups is 1. The zero-order valence-corrected chi connectivity index (χ0v) is 20.5. The van der Waals surface area contributed by atoms with Gasteiger partial charge in [0.1, 0.15) is 0 Å². The zero-order chi connectivity index (χ0) is 26.1. The van der Waals surface area contributed by atoms with E-state index >= 15 is 0 Å². The highest BCUT2D eigenvalue weighted by atomic mass is 16.6. The van der Waals surface area contributed by atoms with Crippen molar-refractivity contribution in [2.75, 3.05) is 28.4 Å². The number of ether oxygens (including phenoxy) is 4. The minimum absolute atomic E-state index is 0.105. The number of benzene rings is 3. The van der Waals surface area contributed by atoms with E-state index in [1.807, 2.05) is 48.6 Å². The lowest BCUT2D eigenvalue weighted by molar-refractivity contribution is -0.385. The lowest BCUT2D eigenvalue weighted by atomic mass is 10.0. The summed E-state index contributed by atoms with van der Waals surface area (Å²) in [4.78, 5) is 23.2. The van der Waals surface area contributed by atoms with Crippen LogP contribution in [0.1, 0.15) is 27.0 Å². The molecule has 0 saturated heterocycles. The van der Waals surface area contributed by atoms with Crippen molar-refractivity contribution in [2.24, 2.45) is 0 Å². The number of ketones is 1. The predicted octanol–water partition coefficient (Wildman–Crippen LogP) is 5.78. The molecule has 0 N–H and O–H groups in total. The van der Waals surface area contributed by atoms with Gasteiger partial charge in [0.15, 0.2) is 23.0 Å². The predicted molar refractivity (Wildman–Crippen MR) is 138 cm³/mol. The van der Waals surface area contributed by atoms with Crippen LogP contribution < -0.4 is 18.9 Å². The second-order valence-corrected chi connectivity index (χ2v) is 7.61. The van der Waals surface area contributed by atoms with Gasteiger partial charge in [-0.25, -0.2) is 0 Å². The Morgan fingerprint density at radius 1 is 0.861 bits per heavy atom. The van der Waals surface area contributed by atoms with Gasteiger partial charge in [0.2, 0.25) is 5.75 Å². The maximum atomic E-state index is 12.6. The van der Waals surface area contributed by atoms with Gasteiger partial charge in [-0.05, 0) is 53.5 Å². The highest BCUT2D eigenvalue weighted by molar-refractivity contribution is 6.05. The molecular formula is C28H27NO7. The Kier molecular flexibility index (Phi) is 8.83. The second-order valence-electron chi connectivity index (χ2n) is 7.61. The first-order valence-electron chi connectivity index (χ1n) is 11.0. The standard InChI is InChI=1S/C28H27NO7/c1-33-25-15-14-22(18-23(25)29(31)32)24(30)11-7-10-20-8-5-6-9-21(20)13-12-19-16-26(34-2)28(36-4)27(17-19)35-3/h5-9,11-18H,10H2,1-4H3/b11-7-,13-12-. The Morgan fingerprint density at radius 2 is 1.53 bits per heavy atom. The first-order chi connectivity index (χ1) is 17.4. The molecule has 0 aromatic heterocycles. The topological polar surface area (TPSA) is 97.1 Å². The van der Waals surface area contributed by atoms with Crippen molar-refractivity contribution in [3.63, 3.8) is 0 Å². The van der Waals surface area contributed by atoms with E-state index in [1.54, 1.807) is 27.4 Å². The van der Waals surface area contributed by atoms with Gasteiger partial charge >= 0.3 is 5.69 Å². The molecular weight excluding hydrogens is 462 g/mol. The fourth-order valence-corrected chi connectivity index (χ4v) is 3.64. The molecule has 0 bridgehead atoms. The quantitative estimate of drug-likeness (QED) is 0.111. The summed E-state index contributed by atoms with van der Waals surface area (Å²) >= 11 is 0. The number of carbonyl (C=O) groups excluding carboxylic acids is 1. The molecule has 0 saturated carbocycles. The molecule has 0 heterocycles. The lowest BCUT2D eigenvalue weighted by Crippen LogP contribution is -1.99. The molecule has 3 aromatic carbocycles. The van der Waals surface area contributed by atoms with Crippen molar-refractivity contribution in [3.8, 4) is 23.0 Å². The van der Waals surface area contributed by atoms with Gasteiger partial charge in [0.05, 0.1) is 33.4 Å². The first kappa shape index (κ1) is 26.0. The average molecular weight is 490 g/mol. The number of nitro benzene ring substituents is 1. The van der Waals surface area contributed by atoms with Gasteiger partial charge < -0.3 is 18.9 Å². The number of hydrogen-bond acceptors (Lipinski definition) is 7. The Balaban J connectivity index is 1.79. The molecule has 0 atom stereocenters. The highest BCUT2D eigenvalue weighted by Gasteiger charge is 2.17. The molecule has 8 nitrogen and oxygen atoms in total. The van der Waals surface area contributed by atoms with E-state index in [0.717, 1.165) is 16.7 Å². The summed E-state index contributed by atoms with van der Waals surface area (Å²) in [5.74, 6) is 1.42. The van der Waals surface area contributed by atoms with Crippen molar-refractivity contribution < 1.29 is 28.7 Å². The number of rotatable bonds is 11. The van der Waals surface area contributed by atoms with Gasteiger partial charge in [-0.3, -0.25) is 14.9 Å². The molecule has 0 fully saturated rings. The molecule has 8 heteroatoms. The molecule has 0 spiro atoms. The van der Waals surface area contributed by atoms with E-state index in [2.05, 4.69) is 0 Å². The summed E-state index contributed by atoms with van der Waals surface area (Å²) in [5, 5.41) is 11.2. The first-order valence-corrected chi connectivity index (χ1v) is 11.0. The van der Waals surface area contributed by atoms with Crippen molar-refractivity contribution >= 4 is 23.6 Å². The second kappa shape index (κ2) is 12.2. The smallest absolute Gasteiger partial charge is 0.311 e. The van der Waals surface area contributed by atoms with E-state index in [-0.39, 0.29) is 22.8 Å². The number of allylic oxidation sites excluding steroid dienone is 2. The Labute approximate surface area is 209 Å². The minimum atomic E-state index is -0.574. The normalized spacial score (nSPS) is 11.0. The summed E-state index contributed by atoms with van der Waals surface area (Å²) in [6, 6.07) is 15.7. The third kappa shape index (κ3) is 6.09. The number of hydrogen-bond donors (Lipinski definition) is 0. The SMILES string of the molecule is COc1ccc(C(=O)/C=C\Cc2ccccc2/C=C\c2cc(OC)c(OC)c(OC)c2)cc1[N+](=O)[O-]. The molecule has 3 rings (SSSR count). The van der Waals surface area contributed by atoms with Crippen LogP contribution in [0.3, 0.4) is 0 Å². The van der Waals surface area contributed by atoms with Crippen LogP contribution in [-0.2, 0) is 6.42 Å². The average Bonchev–Trinajstić information content (AvgIpc) is 2.91. The van der Waals surface area contributed by atoms with Crippen LogP contribution >= 0.6 is 0 Å². The molecule has 0 radical (unpaired) electrons. The molecule has 36 heavy (non-hydrogen) atoms. The summed E-state index contributed by atoms with van der Waals surface area (Å²) in [6.45, 7) is 0. The number of carbonyl (C=O) groups is 1. The summed E-state index contributed by atoms with van der Waals surface area (Å²) < 4.78 is 21.2. The molecule has 0 amide bonds. The Morgan fingerprint density at radius 3 is 2.14 bits per heavy atom. The summed E-state index contributed by atoms with van der Waals surface area (Å²) in [6.07, 6.45) is 7.57. The molecule has 186 valence electrons.